The van der Waals surface area contributed by atoms with Crippen molar-refractivity contribution in [3.63, 3.8) is 0 Å². The molecule has 0 radical (unpaired) electrons. The van der Waals surface area contributed by atoms with Gasteiger partial charge in [0, 0.05) is 12.5 Å². The van der Waals surface area contributed by atoms with E-state index < -0.39 is 12.1 Å². The lowest BCUT2D eigenvalue weighted by Gasteiger charge is -2.28. The van der Waals surface area contributed by atoms with Gasteiger partial charge in [-0.15, -0.1) is 0 Å². The summed E-state index contributed by atoms with van der Waals surface area (Å²) in [6, 6.07) is 0.127. The average Bonchev–Trinajstić information content (AvgIpc) is 2.86. The molecule has 0 aromatic carbocycles. The van der Waals surface area contributed by atoms with Gasteiger partial charge in [-0.25, -0.2) is 4.79 Å². The molecule has 0 spiro atoms. The van der Waals surface area contributed by atoms with Crippen LogP contribution in [0.2, 0.25) is 0 Å². The highest BCUT2D eigenvalue weighted by atomic mass is 16.6. The van der Waals surface area contributed by atoms with E-state index in [0.29, 0.717) is 0 Å². The van der Waals surface area contributed by atoms with Crippen molar-refractivity contribution in [1.82, 2.24) is 5.32 Å². The molecule has 1 amide bonds. The summed E-state index contributed by atoms with van der Waals surface area (Å²) in [5.41, 5.74) is -0.00841. The molecular weight excluding hydrogens is 236 g/mol. The second-order valence-corrected chi connectivity index (χ2v) is 5.58. The van der Waals surface area contributed by atoms with Crippen LogP contribution >= 0.6 is 0 Å². The normalized spacial score (nSPS) is 29.6. The Morgan fingerprint density at radius 3 is 2.72 bits per heavy atom. The number of rotatable bonds is 3. The van der Waals surface area contributed by atoms with E-state index in [0.717, 1.165) is 19.3 Å². The minimum atomic E-state index is -1.13. The molecule has 1 aliphatic heterocycles. The molecule has 6 heteroatoms. The molecule has 1 heterocycles. The maximum absolute atomic E-state index is 12.0. The SMILES string of the molecule is CC1(C)CCCC1NC(=O)C1CC(C(=O)O)=NO1. The number of carbonyl (C=O) groups is 2. The molecule has 1 saturated carbocycles. The fraction of sp³-hybridized carbons (Fsp3) is 0.750. The van der Waals surface area contributed by atoms with Crippen molar-refractivity contribution in [2.45, 2.75) is 51.7 Å². The fourth-order valence-corrected chi connectivity index (χ4v) is 2.50. The molecule has 18 heavy (non-hydrogen) atoms. The van der Waals surface area contributed by atoms with Crippen LogP contribution in [-0.2, 0) is 14.4 Å². The highest BCUT2D eigenvalue weighted by Crippen LogP contribution is 2.37. The number of aliphatic carboxylic acids is 1. The minimum Gasteiger partial charge on any atom is -0.477 e. The second kappa shape index (κ2) is 4.59. The first-order valence-electron chi connectivity index (χ1n) is 6.16. The number of carbonyl (C=O) groups excluding carboxylic acids is 1. The lowest BCUT2D eigenvalue weighted by Crippen LogP contribution is -2.46. The van der Waals surface area contributed by atoms with E-state index in [1.165, 1.54) is 0 Å². The van der Waals surface area contributed by atoms with Crippen molar-refractivity contribution in [3.8, 4) is 0 Å². The molecule has 0 bridgehead atoms. The zero-order valence-corrected chi connectivity index (χ0v) is 10.6. The molecule has 0 aromatic heterocycles. The minimum absolute atomic E-state index is 0.0360. The lowest BCUT2D eigenvalue weighted by molar-refractivity contribution is -0.132. The molecule has 2 N–H and O–H groups in total. The zero-order valence-electron chi connectivity index (χ0n) is 10.6. The van der Waals surface area contributed by atoms with Crippen LogP contribution in [0.3, 0.4) is 0 Å². The summed E-state index contributed by atoms with van der Waals surface area (Å²) in [4.78, 5) is 27.5. The van der Waals surface area contributed by atoms with Gasteiger partial charge in [0.05, 0.1) is 0 Å². The van der Waals surface area contributed by atoms with Gasteiger partial charge in [0.1, 0.15) is 0 Å². The van der Waals surface area contributed by atoms with E-state index >= 15 is 0 Å². The Balaban J connectivity index is 1.89. The molecule has 0 aromatic rings. The molecule has 0 saturated heterocycles. The van der Waals surface area contributed by atoms with Crippen molar-refractivity contribution in [1.29, 1.82) is 0 Å². The third-order valence-corrected chi connectivity index (χ3v) is 3.78. The molecule has 2 rings (SSSR count). The Labute approximate surface area is 105 Å². The van der Waals surface area contributed by atoms with E-state index in [4.69, 9.17) is 9.94 Å². The van der Waals surface area contributed by atoms with Crippen molar-refractivity contribution < 1.29 is 19.5 Å². The van der Waals surface area contributed by atoms with E-state index in [-0.39, 0.29) is 29.5 Å². The molecular formula is C12H18N2O4. The maximum Gasteiger partial charge on any atom is 0.353 e. The Hall–Kier alpha value is -1.59. The van der Waals surface area contributed by atoms with E-state index in [1.807, 2.05) is 0 Å². The number of carboxylic acid groups (broad SMARTS) is 1. The van der Waals surface area contributed by atoms with Gasteiger partial charge < -0.3 is 15.3 Å². The van der Waals surface area contributed by atoms with Crippen molar-refractivity contribution in [2.75, 3.05) is 0 Å². The summed E-state index contributed by atoms with van der Waals surface area (Å²) in [5.74, 6) is -1.40. The monoisotopic (exact) mass is 254 g/mol. The summed E-state index contributed by atoms with van der Waals surface area (Å²) in [5, 5.41) is 15.1. The van der Waals surface area contributed by atoms with Crippen molar-refractivity contribution >= 4 is 17.6 Å². The number of amides is 1. The Bertz CT molecular complexity index is 403. The summed E-state index contributed by atoms with van der Waals surface area (Å²) >= 11 is 0. The number of hydrogen-bond acceptors (Lipinski definition) is 4. The Morgan fingerprint density at radius 2 is 2.22 bits per heavy atom. The van der Waals surface area contributed by atoms with Crippen LogP contribution in [0.1, 0.15) is 39.5 Å². The standard InChI is InChI=1S/C12H18N2O4/c1-12(2)5-3-4-9(12)13-10(15)8-6-7(11(16)17)14-18-8/h8-9H,3-6H2,1-2H3,(H,13,15)(H,16,17). The van der Waals surface area contributed by atoms with E-state index in [2.05, 4.69) is 24.3 Å². The number of nitrogens with one attached hydrogen (secondary N) is 1. The van der Waals surface area contributed by atoms with Crippen LogP contribution in [0.4, 0.5) is 0 Å². The fourth-order valence-electron chi connectivity index (χ4n) is 2.50. The van der Waals surface area contributed by atoms with E-state index in [1.54, 1.807) is 0 Å². The van der Waals surface area contributed by atoms with Gasteiger partial charge in [-0.3, -0.25) is 4.79 Å². The van der Waals surface area contributed by atoms with Crippen LogP contribution < -0.4 is 5.32 Å². The number of nitrogens with zero attached hydrogens (tertiary/aromatic N) is 1. The number of hydrogen-bond donors (Lipinski definition) is 2. The largest absolute Gasteiger partial charge is 0.477 e. The maximum atomic E-state index is 12.0. The highest BCUT2D eigenvalue weighted by molar-refractivity contribution is 6.36. The molecule has 2 aliphatic rings. The van der Waals surface area contributed by atoms with Crippen LogP contribution in [0.15, 0.2) is 5.16 Å². The van der Waals surface area contributed by atoms with Gasteiger partial charge in [0.2, 0.25) is 6.10 Å². The van der Waals surface area contributed by atoms with Gasteiger partial charge in [-0.05, 0) is 18.3 Å². The summed E-state index contributed by atoms with van der Waals surface area (Å²) in [7, 11) is 0. The van der Waals surface area contributed by atoms with Gasteiger partial charge in [-0.1, -0.05) is 25.4 Å². The third-order valence-electron chi connectivity index (χ3n) is 3.78. The van der Waals surface area contributed by atoms with Gasteiger partial charge in [0.25, 0.3) is 5.91 Å². The molecule has 6 nitrogen and oxygen atoms in total. The molecule has 2 atom stereocenters. The quantitative estimate of drug-likeness (QED) is 0.783. The zero-order chi connectivity index (χ0) is 13.3. The topological polar surface area (TPSA) is 88.0 Å². The number of oxime groups is 1. The Kier molecular flexibility index (Phi) is 3.28. The van der Waals surface area contributed by atoms with Crippen LogP contribution in [0, 0.1) is 5.41 Å². The van der Waals surface area contributed by atoms with Crippen molar-refractivity contribution in [2.24, 2.45) is 10.6 Å². The first-order valence-corrected chi connectivity index (χ1v) is 6.16. The van der Waals surface area contributed by atoms with Gasteiger partial charge in [-0.2, -0.15) is 0 Å². The summed E-state index contributed by atoms with van der Waals surface area (Å²) in [6.45, 7) is 4.25. The predicted octanol–water partition coefficient (Wildman–Crippen LogP) is 0.911. The molecule has 2 unspecified atom stereocenters. The van der Waals surface area contributed by atoms with E-state index in [9.17, 15) is 9.59 Å². The third kappa shape index (κ3) is 2.47. The number of carboxylic acids is 1. The first kappa shape index (κ1) is 12.9. The smallest absolute Gasteiger partial charge is 0.353 e. The van der Waals surface area contributed by atoms with Crippen LogP contribution in [0.25, 0.3) is 0 Å². The lowest BCUT2D eigenvalue weighted by atomic mass is 9.87. The molecule has 1 fully saturated rings. The first-order chi connectivity index (χ1) is 8.40. The average molecular weight is 254 g/mol. The van der Waals surface area contributed by atoms with Crippen LogP contribution in [0.5, 0.6) is 0 Å². The molecule has 1 aliphatic carbocycles. The van der Waals surface area contributed by atoms with Crippen molar-refractivity contribution in [3.05, 3.63) is 0 Å². The highest BCUT2D eigenvalue weighted by Gasteiger charge is 2.38. The second-order valence-electron chi connectivity index (χ2n) is 5.58. The summed E-state index contributed by atoms with van der Waals surface area (Å²) < 4.78 is 0. The van der Waals surface area contributed by atoms with Gasteiger partial charge >= 0.3 is 5.97 Å². The Morgan fingerprint density at radius 1 is 1.50 bits per heavy atom. The van der Waals surface area contributed by atoms with Crippen LogP contribution in [-0.4, -0.2) is 34.8 Å². The molecule has 100 valence electrons. The predicted molar refractivity (Wildman–Crippen MR) is 64.1 cm³/mol. The summed E-state index contributed by atoms with van der Waals surface area (Å²) in [6.07, 6.45) is 2.38. The van der Waals surface area contributed by atoms with Gasteiger partial charge in [0.15, 0.2) is 5.71 Å².